The van der Waals surface area contributed by atoms with Crippen molar-refractivity contribution in [2.45, 2.75) is 50.7 Å². The van der Waals surface area contributed by atoms with Crippen LogP contribution in [0.15, 0.2) is 34.0 Å². The number of hydrogen-bond donors (Lipinski definition) is 0. The van der Waals surface area contributed by atoms with Crippen molar-refractivity contribution >= 4 is 0 Å². The molecule has 2 aromatic heterocycles. The normalized spacial score (nSPS) is 22.3. The van der Waals surface area contributed by atoms with E-state index in [4.69, 9.17) is 4.42 Å². The second-order valence-electron chi connectivity index (χ2n) is 6.30. The first-order valence-corrected chi connectivity index (χ1v) is 7.99. The van der Waals surface area contributed by atoms with Gasteiger partial charge in [-0.25, -0.2) is 9.67 Å². The molecule has 1 saturated carbocycles. The number of likely N-dealkylation sites (tertiary alicyclic amines) is 1. The molecule has 0 amide bonds. The lowest BCUT2D eigenvalue weighted by Crippen LogP contribution is -2.36. The number of rotatable bonds is 5. The molecule has 0 radical (unpaired) electrons. The van der Waals surface area contributed by atoms with E-state index in [0.29, 0.717) is 18.5 Å². The number of aromatic nitrogens is 3. The van der Waals surface area contributed by atoms with Crippen LogP contribution in [0.1, 0.15) is 43.0 Å². The first-order chi connectivity index (χ1) is 10.8. The summed E-state index contributed by atoms with van der Waals surface area (Å²) in [4.78, 5) is 18.6. The molecule has 2 aliphatic rings. The molecule has 3 heterocycles. The Labute approximate surface area is 128 Å². The minimum absolute atomic E-state index is 0.00214. The van der Waals surface area contributed by atoms with E-state index in [1.807, 2.05) is 6.07 Å². The average molecular weight is 300 g/mol. The monoisotopic (exact) mass is 300 g/mol. The van der Waals surface area contributed by atoms with E-state index in [1.54, 1.807) is 17.0 Å². The van der Waals surface area contributed by atoms with Crippen molar-refractivity contribution in [1.29, 1.82) is 0 Å². The third kappa shape index (κ3) is 2.83. The summed E-state index contributed by atoms with van der Waals surface area (Å²) in [6, 6.07) is 3.90. The molecule has 1 saturated heterocycles. The molecule has 2 aromatic rings. The van der Waals surface area contributed by atoms with Crippen molar-refractivity contribution in [3.63, 3.8) is 0 Å². The van der Waals surface area contributed by atoms with Gasteiger partial charge in [0.15, 0.2) is 6.39 Å². The molecule has 1 aliphatic carbocycles. The lowest BCUT2D eigenvalue weighted by molar-refractivity contribution is 0.214. The highest BCUT2D eigenvalue weighted by atomic mass is 16.3. The van der Waals surface area contributed by atoms with Gasteiger partial charge in [-0.05, 0) is 38.3 Å². The maximum absolute atomic E-state index is 12.1. The van der Waals surface area contributed by atoms with Gasteiger partial charge < -0.3 is 4.42 Å². The van der Waals surface area contributed by atoms with E-state index in [9.17, 15) is 4.79 Å². The quantitative estimate of drug-likeness (QED) is 0.842. The molecule has 22 heavy (non-hydrogen) atoms. The fourth-order valence-corrected chi connectivity index (χ4v) is 3.23. The SMILES string of the molecule is O=c1ccc(C2CC2)nn1CC1CCCN1Cc1cocn1. The first kappa shape index (κ1) is 13.7. The highest BCUT2D eigenvalue weighted by Crippen LogP contribution is 2.38. The third-order valence-electron chi connectivity index (χ3n) is 4.61. The van der Waals surface area contributed by atoms with Crippen LogP contribution in [-0.2, 0) is 13.1 Å². The Kier molecular flexibility index (Phi) is 3.54. The van der Waals surface area contributed by atoms with Crippen molar-refractivity contribution in [1.82, 2.24) is 19.7 Å². The van der Waals surface area contributed by atoms with Crippen molar-refractivity contribution in [3.8, 4) is 0 Å². The molecule has 0 bridgehead atoms. The molecule has 1 atom stereocenters. The predicted molar refractivity (Wildman–Crippen MR) is 80.4 cm³/mol. The lowest BCUT2D eigenvalue weighted by atomic mass is 10.2. The second kappa shape index (κ2) is 5.68. The van der Waals surface area contributed by atoms with E-state index in [-0.39, 0.29) is 5.56 Å². The van der Waals surface area contributed by atoms with Crippen molar-refractivity contribution in [3.05, 3.63) is 46.5 Å². The molecule has 4 rings (SSSR count). The summed E-state index contributed by atoms with van der Waals surface area (Å²) >= 11 is 0. The lowest BCUT2D eigenvalue weighted by Gasteiger charge is -2.23. The van der Waals surface area contributed by atoms with Crippen LogP contribution in [0.2, 0.25) is 0 Å². The Morgan fingerprint density at radius 1 is 1.27 bits per heavy atom. The van der Waals surface area contributed by atoms with Crippen molar-refractivity contribution in [2.24, 2.45) is 0 Å². The number of oxazole rings is 1. The zero-order valence-corrected chi connectivity index (χ0v) is 12.5. The van der Waals surface area contributed by atoms with Crippen LogP contribution < -0.4 is 5.56 Å². The molecule has 116 valence electrons. The van der Waals surface area contributed by atoms with E-state index in [1.165, 1.54) is 19.2 Å². The summed E-state index contributed by atoms with van der Waals surface area (Å²) in [5, 5.41) is 4.57. The Morgan fingerprint density at radius 2 is 2.18 bits per heavy atom. The minimum atomic E-state index is -0.00214. The summed E-state index contributed by atoms with van der Waals surface area (Å²) in [5.74, 6) is 0.571. The maximum Gasteiger partial charge on any atom is 0.266 e. The Morgan fingerprint density at radius 3 is 2.95 bits per heavy atom. The maximum atomic E-state index is 12.1. The molecule has 0 spiro atoms. The highest BCUT2D eigenvalue weighted by Gasteiger charge is 2.28. The molecule has 0 aromatic carbocycles. The highest BCUT2D eigenvalue weighted by molar-refractivity contribution is 5.12. The van der Waals surface area contributed by atoms with Gasteiger partial charge in [0.25, 0.3) is 5.56 Å². The Balaban J connectivity index is 1.49. The minimum Gasteiger partial charge on any atom is -0.451 e. The van der Waals surface area contributed by atoms with Crippen LogP contribution in [0.3, 0.4) is 0 Å². The van der Waals surface area contributed by atoms with Gasteiger partial charge in [-0.15, -0.1) is 0 Å². The van der Waals surface area contributed by atoms with Crippen LogP contribution >= 0.6 is 0 Å². The van der Waals surface area contributed by atoms with Gasteiger partial charge in [0.1, 0.15) is 6.26 Å². The van der Waals surface area contributed by atoms with Gasteiger partial charge in [-0.2, -0.15) is 5.10 Å². The Bertz CT molecular complexity index is 690. The Hall–Kier alpha value is -1.95. The summed E-state index contributed by atoms with van der Waals surface area (Å²) in [6.07, 6.45) is 7.80. The molecular formula is C16H20N4O2. The van der Waals surface area contributed by atoms with Crippen molar-refractivity contribution < 1.29 is 4.42 Å². The fraction of sp³-hybridized carbons (Fsp3) is 0.562. The van der Waals surface area contributed by atoms with Gasteiger partial charge in [-0.3, -0.25) is 9.69 Å². The standard InChI is InChI=1S/C16H20N4O2/c21-16-6-5-15(12-3-4-12)18-20(16)9-14-2-1-7-19(14)8-13-10-22-11-17-13/h5-6,10-12,14H,1-4,7-9H2. The van der Waals surface area contributed by atoms with E-state index in [0.717, 1.165) is 37.3 Å². The van der Waals surface area contributed by atoms with Crippen LogP contribution in [0, 0.1) is 0 Å². The largest absolute Gasteiger partial charge is 0.451 e. The third-order valence-corrected chi connectivity index (χ3v) is 4.61. The molecule has 1 aliphatic heterocycles. The van der Waals surface area contributed by atoms with Gasteiger partial charge in [0, 0.05) is 24.6 Å². The summed E-state index contributed by atoms with van der Waals surface area (Å²) in [6.45, 7) is 2.48. The first-order valence-electron chi connectivity index (χ1n) is 7.99. The van der Waals surface area contributed by atoms with E-state index in [2.05, 4.69) is 15.0 Å². The van der Waals surface area contributed by atoms with E-state index >= 15 is 0 Å². The zero-order valence-electron chi connectivity index (χ0n) is 12.5. The molecule has 6 nitrogen and oxygen atoms in total. The van der Waals surface area contributed by atoms with Gasteiger partial charge in [-0.1, -0.05) is 0 Å². The van der Waals surface area contributed by atoms with Crippen LogP contribution in [0.5, 0.6) is 0 Å². The second-order valence-corrected chi connectivity index (χ2v) is 6.30. The molecular weight excluding hydrogens is 280 g/mol. The number of nitrogens with zero attached hydrogens (tertiary/aromatic N) is 4. The van der Waals surface area contributed by atoms with Crippen molar-refractivity contribution in [2.75, 3.05) is 6.54 Å². The average Bonchev–Trinajstić information content (AvgIpc) is 3.08. The summed E-state index contributed by atoms with van der Waals surface area (Å²) in [5.41, 5.74) is 2.01. The summed E-state index contributed by atoms with van der Waals surface area (Å²) < 4.78 is 6.69. The smallest absolute Gasteiger partial charge is 0.266 e. The number of hydrogen-bond acceptors (Lipinski definition) is 5. The van der Waals surface area contributed by atoms with Crippen LogP contribution in [-0.4, -0.2) is 32.3 Å². The zero-order chi connectivity index (χ0) is 14.9. The fourth-order valence-electron chi connectivity index (χ4n) is 3.23. The molecule has 0 N–H and O–H groups in total. The topological polar surface area (TPSA) is 64.2 Å². The predicted octanol–water partition coefficient (Wildman–Crippen LogP) is 1.77. The van der Waals surface area contributed by atoms with E-state index < -0.39 is 0 Å². The van der Waals surface area contributed by atoms with Gasteiger partial charge in [0.05, 0.1) is 17.9 Å². The molecule has 1 unspecified atom stereocenters. The van der Waals surface area contributed by atoms with Crippen LogP contribution in [0.25, 0.3) is 0 Å². The van der Waals surface area contributed by atoms with Crippen LogP contribution in [0.4, 0.5) is 0 Å². The van der Waals surface area contributed by atoms with Gasteiger partial charge in [0.2, 0.25) is 0 Å². The van der Waals surface area contributed by atoms with Gasteiger partial charge >= 0.3 is 0 Å². The summed E-state index contributed by atoms with van der Waals surface area (Å²) in [7, 11) is 0. The molecule has 6 heteroatoms. The molecule has 2 fully saturated rings.